The summed E-state index contributed by atoms with van der Waals surface area (Å²) >= 11 is 0. The van der Waals surface area contributed by atoms with Gasteiger partial charge in [0.2, 0.25) is 5.91 Å². The SMILES string of the molecule is CC(CC1CC1)NC(C)C(=O)NC1CCCC1. The fourth-order valence-corrected chi connectivity index (χ4v) is 2.82. The topological polar surface area (TPSA) is 41.1 Å². The molecule has 0 aromatic rings. The molecule has 2 N–H and O–H groups in total. The number of hydrogen-bond acceptors (Lipinski definition) is 2. The summed E-state index contributed by atoms with van der Waals surface area (Å²) in [4.78, 5) is 12.0. The summed E-state index contributed by atoms with van der Waals surface area (Å²) < 4.78 is 0. The molecule has 17 heavy (non-hydrogen) atoms. The third-order valence-electron chi connectivity index (χ3n) is 4.01. The van der Waals surface area contributed by atoms with Gasteiger partial charge < -0.3 is 10.6 Å². The second-order valence-corrected chi connectivity index (χ2v) is 5.96. The van der Waals surface area contributed by atoms with Crippen LogP contribution in [-0.4, -0.2) is 24.0 Å². The van der Waals surface area contributed by atoms with Crippen molar-refractivity contribution >= 4 is 5.91 Å². The van der Waals surface area contributed by atoms with Crippen LogP contribution in [0.3, 0.4) is 0 Å². The molecule has 98 valence electrons. The van der Waals surface area contributed by atoms with Crippen molar-refractivity contribution in [3.05, 3.63) is 0 Å². The van der Waals surface area contributed by atoms with Crippen LogP contribution < -0.4 is 10.6 Å². The Bertz CT molecular complexity index is 257. The summed E-state index contributed by atoms with van der Waals surface area (Å²) in [6.07, 6.45) is 8.85. The Kier molecular flexibility index (Phi) is 4.43. The molecule has 2 saturated carbocycles. The van der Waals surface area contributed by atoms with Gasteiger partial charge in [0.1, 0.15) is 0 Å². The zero-order valence-electron chi connectivity index (χ0n) is 11.2. The molecular formula is C14H26N2O. The van der Waals surface area contributed by atoms with Gasteiger partial charge in [0, 0.05) is 12.1 Å². The Morgan fingerprint density at radius 3 is 2.41 bits per heavy atom. The smallest absolute Gasteiger partial charge is 0.237 e. The summed E-state index contributed by atoms with van der Waals surface area (Å²) in [5.41, 5.74) is 0. The Morgan fingerprint density at radius 1 is 1.18 bits per heavy atom. The minimum Gasteiger partial charge on any atom is -0.352 e. The van der Waals surface area contributed by atoms with Crippen LogP contribution in [0.4, 0.5) is 0 Å². The first-order chi connectivity index (χ1) is 8.15. The number of nitrogens with one attached hydrogen (secondary N) is 2. The normalized spacial score (nSPS) is 24.6. The van der Waals surface area contributed by atoms with Gasteiger partial charge in [-0.15, -0.1) is 0 Å². The Balaban J connectivity index is 1.66. The predicted molar refractivity (Wildman–Crippen MR) is 69.8 cm³/mol. The van der Waals surface area contributed by atoms with Crippen molar-refractivity contribution in [2.24, 2.45) is 5.92 Å². The van der Waals surface area contributed by atoms with Crippen LogP contribution in [0, 0.1) is 5.92 Å². The molecule has 0 heterocycles. The molecule has 0 bridgehead atoms. The standard InChI is InChI=1S/C14H26N2O/c1-10(9-12-7-8-12)15-11(2)14(17)16-13-5-3-4-6-13/h10-13,15H,3-9H2,1-2H3,(H,16,17). The molecule has 3 heteroatoms. The first kappa shape index (κ1) is 12.9. The Morgan fingerprint density at radius 2 is 1.82 bits per heavy atom. The first-order valence-electron chi connectivity index (χ1n) is 7.21. The van der Waals surface area contributed by atoms with Gasteiger partial charge in [-0.25, -0.2) is 0 Å². The largest absolute Gasteiger partial charge is 0.352 e. The summed E-state index contributed by atoms with van der Waals surface area (Å²) in [5, 5.41) is 6.56. The summed E-state index contributed by atoms with van der Waals surface area (Å²) in [5.74, 6) is 1.10. The third kappa shape index (κ3) is 4.30. The van der Waals surface area contributed by atoms with E-state index in [4.69, 9.17) is 0 Å². The molecule has 2 rings (SSSR count). The molecule has 1 amide bonds. The summed E-state index contributed by atoms with van der Waals surface area (Å²) in [7, 11) is 0. The maximum atomic E-state index is 12.0. The van der Waals surface area contributed by atoms with Crippen molar-refractivity contribution in [1.29, 1.82) is 0 Å². The molecule has 2 unspecified atom stereocenters. The van der Waals surface area contributed by atoms with Crippen molar-refractivity contribution in [3.8, 4) is 0 Å². The zero-order valence-corrected chi connectivity index (χ0v) is 11.2. The van der Waals surface area contributed by atoms with Crippen molar-refractivity contribution < 1.29 is 4.79 Å². The summed E-state index contributed by atoms with van der Waals surface area (Å²) in [6, 6.07) is 0.849. The van der Waals surface area contributed by atoms with E-state index in [2.05, 4.69) is 17.6 Å². The second kappa shape index (κ2) is 5.85. The zero-order chi connectivity index (χ0) is 12.3. The van der Waals surface area contributed by atoms with Gasteiger partial charge in [-0.1, -0.05) is 25.7 Å². The van der Waals surface area contributed by atoms with E-state index in [0.717, 1.165) is 18.8 Å². The molecular weight excluding hydrogens is 212 g/mol. The van der Waals surface area contributed by atoms with Crippen LogP contribution in [0.25, 0.3) is 0 Å². The van der Waals surface area contributed by atoms with Crippen LogP contribution in [-0.2, 0) is 4.79 Å². The van der Waals surface area contributed by atoms with Crippen LogP contribution >= 0.6 is 0 Å². The fourth-order valence-electron chi connectivity index (χ4n) is 2.82. The molecule has 2 aliphatic rings. The van der Waals surface area contributed by atoms with E-state index in [9.17, 15) is 4.79 Å². The molecule has 0 aromatic carbocycles. The first-order valence-corrected chi connectivity index (χ1v) is 7.21. The van der Waals surface area contributed by atoms with Gasteiger partial charge in [0.25, 0.3) is 0 Å². The van der Waals surface area contributed by atoms with Crippen LogP contribution in [0.5, 0.6) is 0 Å². The average Bonchev–Trinajstić information content (AvgIpc) is 2.93. The van der Waals surface area contributed by atoms with E-state index >= 15 is 0 Å². The van der Waals surface area contributed by atoms with Crippen molar-refractivity contribution in [2.45, 2.75) is 76.9 Å². The quantitative estimate of drug-likeness (QED) is 0.745. The van der Waals surface area contributed by atoms with E-state index in [0.29, 0.717) is 12.1 Å². The molecule has 2 aliphatic carbocycles. The minimum atomic E-state index is -0.0515. The fraction of sp³-hybridized carbons (Fsp3) is 0.929. The van der Waals surface area contributed by atoms with Crippen molar-refractivity contribution in [2.75, 3.05) is 0 Å². The van der Waals surface area contributed by atoms with Gasteiger partial charge >= 0.3 is 0 Å². The number of carbonyl (C=O) groups excluding carboxylic acids is 1. The Labute approximate surface area is 105 Å². The maximum Gasteiger partial charge on any atom is 0.237 e. The van der Waals surface area contributed by atoms with E-state index in [1.807, 2.05) is 6.92 Å². The Hall–Kier alpha value is -0.570. The second-order valence-electron chi connectivity index (χ2n) is 5.96. The number of rotatable bonds is 6. The van der Waals surface area contributed by atoms with Crippen molar-refractivity contribution in [1.82, 2.24) is 10.6 Å². The summed E-state index contributed by atoms with van der Waals surface area (Å²) in [6.45, 7) is 4.17. The van der Waals surface area contributed by atoms with E-state index in [-0.39, 0.29) is 11.9 Å². The average molecular weight is 238 g/mol. The lowest BCUT2D eigenvalue weighted by atomic mass is 10.1. The number of amides is 1. The van der Waals surface area contributed by atoms with Gasteiger partial charge in [0.15, 0.2) is 0 Å². The van der Waals surface area contributed by atoms with Gasteiger partial charge in [0.05, 0.1) is 6.04 Å². The van der Waals surface area contributed by atoms with Crippen LogP contribution in [0.15, 0.2) is 0 Å². The lowest BCUT2D eigenvalue weighted by Crippen LogP contribution is -2.48. The molecule has 0 radical (unpaired) electrons. The molecule has 0 saturated heterocycles. The molecule has 3 nitrogen and oxygen atoms in total. The predicted octanol–water partition coefficient (Wildman–Crippen LogP) is 2.21. The van der Waals surface area contributed by atoms with Gasteiger partial charge in [-0.3, -0.25) is 4.79 Å². The molecule has 0 spiro atoms. The highest BCUT2D eigenvalue weighted by atomic mass is 16.2. The van der Waals surface area contributed by atoms with E-state index in [1.165, 1.54) is 32.1 Å². The minimum absolute atomic E-state index is 0.0515. The molecule has 2 fully saturated rings. The van der Waals surface area contributed by atoms with E-state index in [1.54, 1.807) is 0 Å². The van der Waals surface area contributed by atoms with Crippen molar-refractivity contribution in [3.63, 3.8) is 0 Å². The highest BCUT2D eigenvalue weighted by Gasteiger charge is 2.26. The highest BCUT2D eigenvalue weighted by Crippen LogP contribution is 2.33. The number of carbonyl (C=O) groups is 1. The maximum absolute atomic E-state index is 12.0. The highest BCUT2D eigenvalue weighted by molar-refractivity contribution is 5.81. The van der Waals surface area contributed by atoms with Crippen LogP contribution in [0.2, 0.25) is 0 Å². The lowest BCUT2D eigenvalue weighted by molar-refractivity contribution is -0.123. The molecule has 2 atom stereocenters. The molecule has 0 aromatic heterocycles. The van der Waals surface area contributed by atoms with E-state index < -0.39 is 0 Å². The third-order valence-corrected chi connectivity index (χ3v) is 4.01. The van der Waals surface area contributed by atoms with Crippen LogP contribution in [0.1, 0.15) is 58.8 Å². The lowest BCUT2D eigenvalue weighted by Gasteiger charge is -2.21. The molecule has 0 aliphatic heterocycles. The monoisotopic (exact) mass is 238 g/mol. The van der Waals surface area contributed by atoms with Gasteiger partial charge in [-0.2, -0.15) is 0 Å². The van der Waals surface area contributed by atoms with Gasteiger partial charge in [-0.05, 0) is 39.0 Å². The number of hydrogen-bond donors (Lipinski definition) is 2.